The first kappa shape index (κ1) is 9.14. The van der Waals surface area contributed by atoms with Crippen LogP contribution in [-0.2, 0) is 0 Å². The fourth-order valence-corrected chi connectivity index (χ4v) is 0.931. The molecule has 0 aromatic heterocycles. The molecule has 1 rings (SSSR count). The lowest BCUT2D eigenvalue weighted by Crippen LogP contribution is -2.03. The number of amidine groups is 1. The second-order valence-electron chi connectivity index (χ2n) is 2.47. The number of rotatable bonds is 1. The molecule has 1 aliphatic heterocycles. The van der Waals surface area contributed by atoms with Gasteiger partial charge in [-0.1, -0.05) is 18.7 Å². The summed E-state index contributed by atoms with van der Waals surface area (Å²) in [5.41, 5.74) is 0.910. The second kappa shape index (κ2) is 4.17. The summed E-state index contributed by atoms with van der Waals surface area (Å²) < 4.78 is 0. The van der Waals surface area contributed by atoms with Gasteiger partial charge in [0, 0.05) is 6.42 Å². The minimum Gasteiger partial charge on any atom is -0.286 e. The molecule has 0 amide bonds. The van der Waals surface area contributed by atoms with Crippen LogP contribution in [0.5, 0.6) is 0 Å². The Morgan fingerprint density at radius 3 is 3.08 bits per heavy atom. The monoisotopic (exact) mass is 171 g/mol. The van der Waals surface area contributed by atoms with Gasteiger partial charge in [0.1, 0.15) is 11.9 Å². The smallest absolute Gasteiger partial charge is 0.125 e. The standard InChI is InChI=1S/C10H9N3/c1-2-9-8(7-11)5-3-4-6-10(12)13-9/h2-5,12H,1,6H2/b4-3+,8-5-,12-10?,13-9?. The highest BCUT2D eigenvalue weighted by atomic mass is 14.8. The summed E-state index contributed by atoms with van der Waals surface area (Å²) in [6.07, 6.45) is 7.20. The topological polar surface area (TPSA) is 60.0 Å². The van der Waals surface area contributed by atoms with Crippen LogP contribution >= 0.6 is 0 Å². The molecule has 0 fully saturated rings. The van der Waals surface area contributed by atoms with Crippen molar-refractivity contribution in [3.8, 4) is 6.07 Å². The van der Waals surface area contributed by atoms with Gasteiger partial charge in [-0.2, -0.15) is 5.26 Å². The third-order valence-electron chi connectivity index (χ3n) is 1.56. The van der Waals surface area contributed by atoms with Crippen molar-refractivity contribution in [2.45, 2.75) is 6.42 Å². The molecule has 64 valence electrons. The van der Waals surface area contributed by atoms with Crippen molar-refractivity contribution in [1.82, 2.24) is 0 Å². The van der Waals surface area contributed by atoms with Gasteiger partial charge in [0.15, 0.2) is 0 Å². The van der Waals surface area contributed by atoms with Gasteiger partial charge in [0.05, 0.1) is 11.3 Å². The van der Waals surface area contributed by atoms with Crippen LogP contribution in [0.3, 0.4) is 0 Å². The maximum Gasteiger partial charge on any atom is 0.125 e. The third-order valence-corrected chi connectivity index (χ3v) is 1.56. The second-order valence-corrected chi connectivity index (χ2v) is 2.47. The van der Waals surface area contributed by atoms with Crippen LogP contribution in [0.1, 0.15) is 6.42 Å². The van der Waals surface area contributed by atoms with Crippen molar-refractivity contribution in [3.63, 3.8) is 0 Å². The van der Waals surface area contributed by atoms with E-state index in [-0.39, 0.29) is 5.84 Å². The molecular weight excluding hydrogens is 162 g/mol. The summed E-state index contributed by atoms with van der Waals surface area (Å²) in [5.74, 6) is 0.243. The van der Waals surface area contributed by atoms with Crippen molar-refractivity contribution < 1.29 is 0 Å². The Kier molecular flexibility index (Phi) is 2.93. The summed E-state index contributed by atoms with van der Waals surface area (Å²) in [6.45, 7) is 3.55. The van der Waals surface area contributed by atoms with Crippen molar-refractivity contribution in [2.75, 3.05) is 0 Å². The molecule has 0 unspecified atom stereocenters. The summed E-state index contributed by atoms with van der Waals surface area (Å²) >= 11 is 0. The van der Waals surface area contributed by atoms with E-state index in [0.29, 0.717) is 17.7 Å². The highest BCUT2D eigenvalue weighted by Crippen LogP contribution is 2.04. The number of nitriles is 1. The molecule has 3 heteroatoms. The molecule has 3 nitrogen and oxygen atoms in total. The molecule has 0 saturated heterocycles. The molecule has 0 aliphatic carbocycles. The van der Waals surface area contributed by atoms with Gasteiger partial charge < -0.3 is 0 Å². The van der Waals surface area contributed by atoms with E-state index in [0.717, 1.165) is 0 Å². The fourth-order valence-electron chi connectivity index (χ4n) is 0.931. The molecule has 1 heterocycles. The number of nitrogens with one attached hydrogen (secondary N) is 1. The molecule has 0 aromatic rings. The van der Waals surface area contributed by atoms with Gasteiger partial charge in [0.25, 0.3) is 0 Å². The zero-order valence-corrected chi connectivity index (χ0v) is 7.12. The Balaban J connectivity index is 3.17. The first-order chi connectivity index (χ1) is 6.27. The minimum absolute atomic E-state index is 0.243. The SMILES string of the molecule is C=CC1=NC(=N)C/C=C/C=C\1C#N. The van der Waals surface area contributed by atoms with E-state index >= 15 is 0 Å². The molecule has 0 spiro atoms. The van der Waals surface area contributed by atoms with Crippen LogP contribution < -0.4 is 0 Å². The maximum atomic E-state index is 8.74. The van der Waals surface area contributed by atoms with E-state index in [9.17, 15) is 0 Å². The average Bonchev–Trinajstić information content (AvgIpc) is 2.11. The molecule has 0 radical (unpaired) electrons. The Morgan fingerprint density at radius 2 is 2.46 bits per heavy atom. The Labute approximate surface area is 76.9 Å². The van der Waals surface area contributed by atoms with Gasteiger partial charge >= 0.3 is 0 Å². The first-order valence-electron chi connectivity index (χ1n) is 3.83. The minimum atomic E-state index is 0.243. The lowest BCUT2D eigenvalue weighted by molar-refractivity contribution is 1.30. The Bertz CT molecular complexity index is 364. The summed E-state index contributed by atoms with van der Waals surface area (Å²) in [6, 6.07) is 2.00. The highest BCUT2D eigenvalue weighted by molar-refractivity contribution is 6.15. The van der Waals surface area contributed by atoms with E-state index in [1.165, 1.54) is 6.08 Å². The van der Waals surface area contributed by atoms with Crippen molar-refractivity contribution >= 4 is 11.5 Å². The summed E-state index contributed by atoms with van der Waals surface area (Å²) in [7, 11) is 0. The molecule has 0 saturated carbocycles. The lowest BCUT2D eigenvalue weighted by atomic mass is 10.1. The highest BCUT2D eigenvalue weighted by Gasteiger charge is 2.04. The van der Waals surface area contributed by atoms with Crippen LogP contribution in [0.4, 0.5) is 0 Å². The van der Waals surface area contributed by atoms with Crippen molar-refractivity contribution in [1.29, 1.82) is 10.7 Å². The molecule has 1 aliphatic rings. The van der Waals surface area contributed by atoms with Crippen molar-refractivity contribution in [3.05, 3.63) is 36.5 Å². The van der Waals surface area contributed by atoms with E-state index in [4.69, 9.17) is 10.7 Å². The summed E-state index contributed by atoms with van der Waals surface area (Å²) in [5, 5.41) is 16.1. The van der Waals surface area contributed by atoms with E-state index in [1.54, 1.807) is 18.2 Å². The third kappa shape index (κ3) is 2.24. The largest absolute Gasteiger partial charge is 0.286 e. The number of allylic oxidation sites excluding steroid dienone is 4. The van der Waals surface area contributed by atoms with Crippen LogP contribution in [0.2, 0.25) is 0 Å². The number of hydrogen-bond donors (Lipinski definition) is 1. The predicted molar refractivity (Wildman–Crippen MR) is 52.8 cm³/mol. The number of nitrogens with zero attached hydrogens (tertiary/aromatic N) is 2. The molecule has 0 bridgehead atoms. The molecular formula is C10H9N3. The number of hydrogen-bond acceptors (Lipinski definition) is 2. The average molecular weight is 171 g/mol. The normalized spacial score (nSPS) is 22.8. The van der Waals surface area contributed by atoms with Gasteiger partial charge in [-0.3, -0.25) is 5.41 Å². The molecule has 0 atom stereocenters. The predicted octanol–water partition coefficient (Wildman–Crippen LogP) is 2.00. The molecule has 0 aromatic carbocycles. The van der Waals surface area contributed by atoms with Gasteiger partial charge in [-0.25, -0.2) is 4.99 Å². The van der Waals surface area contributed by atoms with Crippen LogP contribution in [0.25, 0.3) is 0 Å². The van der Waals surface area contributed by atoms with Gasteiger partial charge in [-0.05, 0) is 12.2 Å². The molecule has 13 heavy (non-hydrogen) atoms. The van der Waals surface area contributed by atoms with E-state index in [1.807, 2.05) is 6.07 Å². The van der Waals surface area contributed by atoms with Crippen molar-refractivity contribution in [2.24, 2.45) is 4.99 Å². The Morgan fingerprint density at radius 1 is 1.69 bits per heavy atom. The zero-order chi connectivity index (χ0) is 9.68. The quantitative estimate of drug-likeness (QED) is 0.644. The van der Waals surface area contributed by atoms with Crippen LogP contribution in [0, 0.1) is 16.7 Å². The molecule has 1 N–H and O–H groups in total. The lowest BCUT2D eigenvalue weighted by Gasteiger charge is -2.01. The van der Waals surface area contributed by atoms with Gasteiger partial charge in [-0.15, -0.1) is 0 Å². The summed E-state index contributed by atoms with van der Waals surface area (Å²) in [4.78, 5) is 3.95. The maximum absolute atomic E-state index is 8.74. The zero-order valence-electron chi connectivity index (χ0n) is 7.12. The first-order valence-corrected chi connectivity index (χ1v) is 3.83. The fraction of sp³-hybridized carbons (Fsp3) is 0.100. The van der Waals surface area contributed by atoms with E-state index in [2.05, 4.69) is 11.6 Å². The van der Waals surface area contributed by atoms with E-state index < -0.39 is 0 Å². The number of aliphatic imine (C=N–C) groups is 1. The van der Waals surface area contributed by atoms with Crippen LogP contribution in [-0.4, -0.2) is 11.5 Å². The van der Waals surface area contributed by atoms with Crippen LogP contribution in [0.15, 0.2) is 41.4 Å². The van der Waals surface area contributed by atoms with Gasteiger partial charge in [0.2, 0.25) is 0 Å². The Hall–Kier alpha value is -1.95.